The molecule has 0 spiro atoms. The van der Waals surface area contributed by atoms with E-state index in [1.54, 1.807) is 0 Å². The number of fused-ring (bicyclic) bond motifs is 4. The van der Waals surface area contributed by atoms with Crippen molar-refractivity contribution < 1.29 is 9.90 Å². The van der Waals surface area contributed by atoms with Crippen LogP contribution in [0.4, 0.5) is 5.69 Å². The maximum Gasteiger partial charge on any atom is 0.215 e. The van der Waals surface area contributed by atoms with Crippen LogP contribution in [0, 0.1) is 0 Å². The molecule has 1 aliphatic rings. The van der Waals surface area contributed by atoms with E-state index in [-0.39, 0.29) is 11.5 Å². The van der Waals surface area contributed by atoms with Crippen LogP contribution in [0.3, 0.4) is 0 Å². The zero-order valence-corrected chi connectivity index (χ0v) is 13.3. The second-order valence-electron chi connectivity index (χ2n) is 5.75. The van der Waals surface area contributed by atoms with Gasteiger partial charge >= 0.3 is 0 Å². The van der Waals surface area contributed by atoms with Crippen molar-refractivity contribution in [2.75, 3.05) is 0 Å². The maximum absolute atomic E-state index is 13.0. The van der Waals surface area contributed by atoms with E-state index >= 15 is 0 Å². The Bertz CT molecular complexity index is 1190. The molecule has 114 valence electrons. The van der Waals surface area contributed by atoms with Gasteiger partial charge in [0.2, 0.25) is 5.78 Å². The Labute approximate surface area is 141 Å². The van der Waals surface area contributed by atoms with Gasteiger partial charge in [-0.2, -0.15) is 0 Å². The average Bonchev–Trinajstić information content (AvgIpc) is 3.13. The van der Waals surface area contributed by atoms with Gasteiger partial charge in [-0.25, -0.2) is 4.99 Å². The summed E-state index contributed by atoms with van der Waals surface area (Å²) in [7, 11) is 0. The van der Waals surface area contributed by atoms with Crippen LogP contribution in [0.2, 0.25) is 0 Å². The standard InChI is InChI=1S/C20H11NO2S/c22-18-13-7-3-4-8-15(13)24-20(18)17-19(23)16-12-6-2-1-5-11(12)9-10-14(16)21-17/h1-10,22H. The molecule has 1 aliphatic heterocycles. The summed E-state index contributed by atoms with van der Waals surface area (Å²) in [5.74, 6) is 0.0171. The molecule has 0 amide bonds. The first-order valence-electron chi connectivity index (χ1n) is 7.60. The molecule has 0 radical (unpaired) electrons. The fraction of sp³-hybridized carbons (Fsp3) is 0. The molecule has 24 heavy (non-hydrogen) atoms. The Hall–Kier alpha value is -2.98. The molecule has 3 aromatic carbocycles. The number of ketones is 1. The second kappa shape index (κ2) is 4.76. The van der Waals surface area contributed by atoms with Crippen molar-refractivity contribution in [3.8, 4) is 5.75 Å². The van der Waals surface area contributed by atoms with Crippen molar-refractivity contribution in [1.29, 1.82) is 0 Å². The van der Waals surface area contributed by atoms with Gasteiger partial charge in [0.15, 0.2) is 0 Å². The predicted molar refractivity (Wildman–Crippen MR) is 98.0 cm³/mol. The first kappa shape index (κ1) is 13.5. The highest BCUT2D eigenvalue weighted by molar-refractivity contribution is 7.22. The molecule has 0 atom stereocenters. The molecule has 0 saturated heterocycles. The molecule has 0 saturated carbocycles. The summed E-state index contributed by atoms with van der Waals surface area (Å²) >= 11 is 1.40. The van der Waals surface area contributed by atoms with Crippen molar-refractivity contribution >= 4 is 49.4 Å². The minimum absolute atomic E-state index is 0.122. The van der Waals surface area contributed by atoms with Crippen molar-refractivity contribution in [3.05, 3.63) is 71.1 Å². The lowest BCUT2D eigenvalue weighted by Gasteiger charge is -2.02. The lowest BCUT2D eigenvalue weighted by molar-refractivity contribution is 0.107. The lowest BCUT2D eigenvalue weighted by Crippen LogP contribution is -2.10. The number of hydrogen-bond donors (Lipinski definition) is 1. The largest absolute Gasteiger partial charge is 0.506 e. The fourth-order valence-corrected chi connectivity index (χ4v) is 4.31. The number of Topliss-reactive ketones (excluding diaryl/α,β-unsaturated/α-hetero) is 1. The first-order chi connectivity index (χ1) is 11.7. The molecule has 2 heterocycles. The van der Waals surface area contributed by atoms with Crippen LogP contribution in [0.5, 0.6) is 5.75 Å². The van der Waals surface area contributed by atoms with Gasteiger partial charge in [-0.05, 0) is 29.0 Å². The van der Waals surface area contributed by atoms with Crippen molar-refractivity contribution in [2.45, 2.75) is 0 Å². The van der Waals surface area contributed by atoms with Gasteiger partial charge in [-0.1, -0.05) is 42.5 Å². The molecule has 0 aliphatic carbocycles. The monoisotopic (exact) mass is 329 g/mol. The molecule has 1 N–H and O–H groups in total. The predicted octanol–water partition coefficient (Wildman–Crippen LogP) is 5.08. The van der Waals surface area contributed by atoms with E-state index in [1.165, 1.54) is 11.3 Å². The Kier molecular flexibility index (Phi) is 2.67. The van der Waals surface area contributed by atoms with Gasteiger partial charge in [-0.15, -0.1) is 11.3 Å². The Morgan fingerprint density at radius 2 is 1.62 bits per heavy atom. The maximum atomic E-state index is 13.0. The quantitative estimate of drug-likeness (QED) is 0.529. The fourth-order valence-electron chi connectivity index (χ4n) is 3.23. The number of thiophene rings is 1. The Morgan fingerprint density at radius 1 is 0.875 bits per heavy atom. The third kappa shape index (κ3) is 1.71. The van der Waals surface area contributed by atoms with Gasteiger partial charge < -0.3 is 5.11 Å². The van der Waals surface area contributed by atoms with Crippen LogP contribution >= 0.6 is 11.3 Å². The molecule has 0 bridgehead atoms. The summed E-state index contributed by atoms with van der Waals surface area (Å²) in [6, 6.07) is 19.2. The zero-order valence-electron chi connectivity index (χ0n) is 12.5. The van der Waals surface area contributed by atoms with Gasteiger partial charge in [0, 0.05) is 10.1 Å². The molecule has 5 rings (SSSR count). The molecule has 0 unspecified atom stereocenters. The summed E-state index contributed by atoms with van der Waals surface area (Å²) in [6.45, 7) is 0. The van der Waals surface area contributed by atoms with Crippen LogP contribution in [0.1, 0.15) is 15.2 Å². The van der Waals surface area contributed by atoms with Gasteiger partial charge in [-0.3, -0.25) is 4.79 Å². The van der Waals surface area contributed by atoms with E-state index in [0.717, 1.165) is 20.9 Å². The number of aromatic hydroxyl groups is 1. The van der Waals surface area contributed by atoms with Gasteiger partial charge in [0.25, 0.3) is 0 Å². The Morgan fingerprint density at radius 3 is 2.46 bits per heavy atom. The van der Waals surface area contributed by atoms with Crippen LogP contribution < -0.4 is 0 Å². The van der Waals surface area contributed by atoms with E-state index < -0.39 is 0 Å². The van der Waals surface area contributed by atoms with E-state index in [1.807, 2.05) is 60.7 Å². The minimum Gasteiger partial charge on any atom is -0.506 e. The number of nitrogens with zero attached hydrogens (tertiary/aromatic N) is 1. The number of carbonyl (C=O) groups excluding carboxylic acids is 1. The number of hydrogen-bond acceptors (Lipinski definition) is 4. The Balaban J connectivity index is 1.74. The van der Waals surface area contributed by atoms with Crippen LogP contribution in [0.15, 0.2) is 65.7 Å². The molecule has 3 nitrogen and oxygen atoms in total. The second-order valence-corrected chi connectivity index (χ2v) is 6.80. The third-order valence-electron chi connectivity index (χ3n) is 4.37. The topological polar surface area (TPSA) is 49.7 Å². The van der Waals surface area contributed by atoms with Crippen LogP contribution in [0.25, 0.3) is 20.9 Å². The first-order valence-corrected chi connectivity index (χ1v) is 8.42. The van der Waals surface area contributed by atoms with Crippen LogP contribution in [-0.4, -0.2) is 16.6 Å². The van der Waals surface area contributed by atoms with E-state index in [4.69, 9.17) is 0 Å². The average molecular weight is 329 g/mol. The van der Waals surface area contributed by atoms with Crippen molar-refractivity contribution in [2.24, 2.45) is 4.99 Å². The molecule has 4 aromatic rings. The molecular weight excluding hydrogens is 318 g/mol. The summed E-state index contributed by atoms with van der Waals surface area (Å²) < 4.78 is 0.946. The van der Waals surface area contributed by atoms with E-state index in [9.17, 15) is 9.90 Å². The lowest BCUT2D eigenvalue weighted by atomic mass is 9.99. The molecular formula is C20H11NO2S. The summed E-state index contributed by atoms with van der Waals surface area (Å²) in [5, 5.41) is 13.2. The highest BCUT2D eigenvalue weighted by atomic mass is 32.1. The van der Waals surface area contributed by atoms with Gasteiger partial charge in [0.05, 0.1) is 16.1 Å². The third-order valence-corrected chi connectivity index (χ3v) is 5.53. The highest BCUT2D eigenvalue weighted by Crippen LogP contribution is 2.42. The summed E-state index contributed by atoms with van der Waals surface area (Å²) in [5.41, 5.74) is 1.63. The zero-order chi connectivity index (χ0) is 16.3. The van der Waals surface area contributed by atoms with Crippen LogP contribution in [-0.2, 0) is 0 Å². The number of rotatable bonds is 1. The van der Waals surface area contributed by atoms with Gasteiger partial charge in [0.1, 0.15) is 11.5 Å². The number of benzene rings is 3. The number of aliphatic imine (C=N–C) groups is 1. The summed E-state index contributed by atoms with van der Waals surface area (Å²) in [6.07, 6.45) is 0. The molecule has 1 aromatic heterocycles. The molecule has 0 fully saturated rings. The SMILES string of the molecule is O=C1C(c2sc3ccccc3c2O)=Nc2ccc3ccccc3c21. The van der Waals surface area contributed by atoms with Crippen molar-refractivity contribution in [1.82, 2.24) is 0 Å². The smallest absolute Gasteiger partial charge is 0.215 e. The van der Waals surface area contributed by atoms with E-state index in [0.29, 0.717) is 21.8 Å². The normalized spacial score (nSPS) is 13.5. The molecule has 4 heteroatoms. The number of carbonyl (C=O) groups is 1. The highest BCUT2D eigenvalue weighted by Gasteiger charge is 2.31. The van der Waals surface area contributed by atoms with E-state index in [2.05, 4.69) is 4.99 Å². The minimum atomic E-state index is -0.122. The summed E-state index contributed by atoms with van der Waals surface area (Å²) in [4.78, 5) is 18.1. The van der Waals surface area contributed by atoms with Crippen molar-refractivity contribution in [3.63, 3.8) is 0 Å².